The minimum absolute atomic E-state index is 0.818. The third kappa shape index (κ3) is 1.01. The predicted octanol–water partition coefficient (Wildman–Crippen LogP) is 1.48. The highest BCUT2D eigenvalue weighted by Crippen LogP contribution is 2.24. The smallest absolute Gasteiger partial charge is 0.0140 e. The second-order valence-corrected chi connectivity index (χ2v) is 3.04. The molecule has 0 aromatic rings. The summed E-state index contributed by atoms with van der Waals surface area (Å²) in [6.45, 7) is 2.26. The van der Waals surface area contributed by atoms with Crippen molar-refractivity contribution in [1.29, 1.82) is 0 Å². The van der Waals surface area contributed by atoms with Gasteiger partial charge in [0, 0.05) is 13.1 Å². The second-order valence-electron chi connectivity index (χ2n) is 3.04. The number of hydrogen-bond donors (Lipinski definition) is 1. The van der Waals surface area contributed by atoms with Gasteiger partial charge in [-0.1, -0.05) is 18.2 Å². The lowest BCUT2D eigenvalue weighted by Gasteiger charge is -2.25. The first kappa shape index (κ1) is 6.17. The maximum Gasteiger partial charge on any atom is 0.0140 e. The van der Waals surface area contributed by atoms with E-state index in [1.807, 2.05) is 0 Å². The molecule has 1 aliphatic heterocycles. The van der Waals surface area contributed by atoms with Gasteiger partial charge in [0.2, 0.25) is 0 Å². The fourth-order valence-corrected chi connectivity index (χ4v) is 1.72. The van der Waals surface area contributed by atoms with Crippen molar-refractivity contribution in [3.05, 3.63) is 23.8 Å². The summed E-state index contributed by atoms with van der Waals surface area (Å²) in [5.74, 6) is 0.818. The van der Waals surface area contributed by atoms with Gasteiger partial charge >= 0.3 is 0 Å². The van der Waals surface area contributed by atoms with Crippen molar-refractivity contribution in [1.82, 2.24) is 5.32 Å². The summed E-state index contributed by atoms with van der Waals surface area (Å²) in [5.41, 5.74) is 1.56. The maximum atomic E-state index is 3.37. The van der Waals surface area contributed by atoms with Gasteiger partial charge in [-0.15, -0.1) is 0 Å². The van der Waals surface area contributed by atoms with Crippen LogP contribution in [0.5, 0.6) is 0 Å². The minimum Gasteiger partial charge on any atom is -0.313 e. The third-order valence-electron chi connectivity index (χ3n) is 2.34. The van der Waals surface area contributed by atoms with Crippen LogP contribution < -0.4 is 5.32 Å². The second kappa shape index (κ2) is 2.59. The van der Waals surface area contributed by atoms with Crippen molar-refractivity contribution < 1.29 is 0 Å². The van der Waals surface area contributed by atoms with Crippen LogP contribution in [0, 0.1) is 5.92 Å². The lowest BCUT2D eigenvalue weighted by molar-refractivity contribution is 0.498. The van der Waals surface area contributed by atoms with E-state index in [2.05, 4.69) is 23.5 Å². The molecule has 1 atom stereocenters. The molecule has 0 aromatic heterocycles. The minimum atomic E-state index is 0.818. The summed E-state index contributed by atoms with van der Waals surface area (Å²) in [7, 11) is 0. The average Bonchev–Trinajstić information content (AvgIpc) is 2.05. The Morgan fingerprint density at radius 2 is 2.50 bits per heavy atom. The lowest BCUT2D eigenvalue weighted by atomic mass is 9.87. The van der Waals surface area contributed by atoms with E-state index < -0.39 is 0 Å². The number of allylic oxidation sites excluding steroid dienone is 2. The number of rotatable bonds is 0. The van der Waals surface area contributed by atoms with E-state index in [4.69, 9.17) is 0 Å². The van der Waals surface area contributed by atoms with Crippen LogP contribution in [-0.2, 0) is 0 Å². The van der Waals surface area contributed by atoms with E-state index in [-0.39, 0.29) is 0 Å². The van der Waals surface area contributed by atoms with Crippen LogP contribution in [0.2, 0.25) is 0 Å². The van der Waals surface area contributed by atoms with Crippen LogP contribution in [0.4, 0.5) is 0 Å². The molecule has 0 saturated carbocycles. The molecule has 2 rings (SSSR count). The first-order chi connectivity index (χ1) is 4.97. The molecule has 2 aliphatic rings. The zero-order valence-electron chi connectivity index (χ0n) is 6.14. The Morgan fingerprint density at radius 3 is 3.40 bits per heavy atom. The van der Waals surface area contributed by atoms with Gasteiger partial charge in [-0.2, -0.15) is 0 Å². The van der Waals surface area contributed by atoms with Crippen LogP contribution in [0.1, 0.15) is 12.8 Å². The van der Waals surface area contributed by atoms with Gasteiger partial charge in [0.05, 0.1) is 0 Å². The Kier molecular flexibility index (Phi) is 1.60. The Labute approximate surface area is 61.8 Å². The Morgan fingerprint density at radius 1 is 1.50 bits per heavy atom. The molecule has 1 unspecified atom stereocenters. The van der Waals surface area contributed by atoms with Crippen LogP contribution in [0.15, 0.2) is 23.8 Å². The van der Waals surface area contributed by atoms with Gasteiger partial charge in [0.1, 0.15) is 0 Å². The molecule has 0 bridgehead atoms. The van der Waals surface area contributed by atoms with Gasteiger partial charge in [-0.05, 0) is 24.3 Å². The molecule has 10 heavy (non-hydrogen) atoms. The monoisotopic (exact) mass is 135 g/mol. The van der Waals surface area contributed by atoms with E-state index in [0.29, 0.717) is 0 Å². The van der Waals surface area contributed by atoms with Crippen molar-refractivity contribution >= 4 is 0 Å². The molecule has 1 N–H and O–H groups in total. The van der Waals surface area contributed by atoms with Gasteiger partial charge in [0.25, 0.3) is 0 Å². The molecule has 0 aromatic carbocycles. The van der Waals surface area contributed by atoms with Crippen molar-refractivity contribution in [3.63, 3.8) is 0 Å². The summed E-state index contributed by atoms with van der Waals surface area (Å²) in [6.07, 6.45) is 9.49. The first-order valence-corrected chi connectivity index (χ1v) is 4.04. The topological polar surface area (TPSA) is 12.0 Å². The summed E-state index contributed by atoms with van der Waals surface area (Å²) < 4.78 is 0. The fraction of sp³-hybridized carbons (Fsp3) is 0.556. The van der Waals surface area contributed by atoms with E-state index >= 15 is 0 Å². The van der Waals surface area contributed by atoms with Crippen molar-refractivity contribution in [2.24, 2.45) is 5.92 Å². The number of nitrogens with one attached hydrogen (secondary N) is 1. The summed E-state index contributed by atoms with van der Waals surface area (Å²) in [4.78, 5) is 0. The highest BCUT2D eigenvalue weighted by molar-refractivity contribution is 5.27. The van der Waals surface area contributed by atoms with Crippen LogP contribution in [0.25, 0.3) is 0 Å². The van der Waals surface area contributed by atoms with E-state index in [0.717, 1.165) is 12.5 Å². The van der Waals surface area contributed by atoms with Crippen LogP contribution in [0.3, 0.4) is 0 Å². The standard InChI is InChI=1S/C9H13N/c1-2-4-9-7-10-6-5-8(9)3-1/h1,3,5,9-10H,2,4,6-7H2. The Bertz CT molecular complexity index is 179. The summed E-state index contributed by atoms with van der Waals surface area (Å²) in [6, 6.07) is 0. The largest absolute Gasteiger partial charge is 0.313 e. The molecule has 0 fully saturated rings. The maximum absolute atomic E-state index is 3.37. The molecule has 0 amide bonds. The Balaban J connectivity index is 2.21. The molecule has 54 valence electrons. The fourth-order valence-electron chi connectivity index (χ4n) is 1.72. The lowest BCUT2D eigenvalue weighted by Crippen LogP contribution is -2.29. The van der Waals surface area contributed by atoms with Gasteiger partial charge in [0.15, 0.2) is 0 Å². The summed E-state index contributed by atoms with van der Waals surface area (Å²) in [5, 5.41) is 3.37. The molecule has 1 heteroatoms. The normalized spacial score (nSPS) is 31.2. The SMILES string of the molecule is C1=CC2=CCNCC2CC1. The Hall–Kier alpha value is -0.560. The zero-order chi connectivity index (χ0) is 6.81. The van der Waals surface area contributed by atoms with Crippen LogP contribution in [-0.4, -0.2) is 13.1 Å². The first-order valence-electron chi connectivity index (χ1n) is 4.04. The number of fused-ring (bicyclic) bond motifs is 1. The van der Waals surface area contributed by atoms with Crippen molar-refractivity contribution in [2.75, 3.05) is 13.1 Å². The average molecular weight is 135 g/mol. The van der Waals surface area contributed by atoms with Crippen molar-refractivity contribution in [3.8, 4) is 0 Å². The van der Waals surface area contributed by atoms with E-state index in [9.17, 15) is 0 Å². The molecular weight excluding hydrogens is 122 g/mol. The molecule has 0 saturated heterocycles. The third-order valence-corrected chi connectivity index (χ3v) is 2.34. The van der Waals surface area contributed by atoms with Crippen LogP contribution >= 0.6 is 0 Å². The quantitative estimate of drug-likeness (QED) is 0.530. The van der Waals surface area contributed by atoms with Gasteiger partial charge < -0.3 is 5.32 Å². The highest BCUT2D eigenvalue weighted by atomic mass is 14.9. The van der Waals surface area contributed by atoms with E-state index in [1.54, 1.807) is 5.57 Å². The molecule has 1 aliphatic carbocycles. The predicted molar refractivity (Wildman–Crippen MR) is 42.8 cm³/mol. The molecule has 1 nitrogen and oxygen atoms in total. The summed E-state index contributed by atoms with van der Waals surface area (Å²) >= 11 is 0. The molecule has 0 radical (unpaired) electrons. The van der Waals surface area contributed by atoms with E-state index in [1.165, 1.54) is 19.4 Å². The molecule has 0 spiro atoms. The van der Waals surface area contributed by atoms with Gasteiger partial charge in [-0.3, -0.25) is 0 Å². The number of hydrogen-bond acceptors (Lipinski definition) is 1. The molecular formula is C9H13N. The molecule has 1 heterocycles. The van der Waals surface area contributed by atoms with Crippen molar-refractivity contribution in [2.45, 2.75) is 12.8 Å². The van der Waals surface area contributed by atoms with Gasteiger partial charge in [-0.25, -0.2) is 0 Å². The highest BCUT2D eigenvalue weighted by Gasteiger charge is 2.16. The zero-order valence-corrected chi connectivity index (χ0v) is 6.14.